The first-order valence-corrected chi connectivity index (χ1v) is 6.58. The predicted octanol–water partition coefficient (Wildman–Crippen LogP) is 0.176. The lowest BCUT2D eigenvalue weighted by molar-refractivity contribution is 0.530. The number of aromatic nitrogens is 4. The van der Waals surface area contributed by atoms with Crippen molar-refractivity contribution >= 4 is 0 Å². The van der Waals surface area contributed by atoms with Gasteiger partial charge in [-0.15, -0.1) is 0 Å². The Hall–Kier alpha value is -1.95. The summed E-state index contributed by atoms with van der Waals surface area (Å²) < 4.78 is 3.74. The van der Waals surface area contributed by atoms with Crippen molar-refractivity contribution in [3.8, 4) is 0 Å². The van der Waals surface area contributed by atoms with E-state index in [9.17, 15) is 4.79 Å². The molecule has 1 aliphatic heterocycles. The van der Waals surface area contributed by atoms with Crippen molar-refractivity contribution in [3.63, 3.8) is 0 Å². The van der Waals surface area contributed by atoms with Crippen molar-refractivity contribution in [3.05, 3.63) is 46.7 Å². The molecule has 2 aromatic heterocycles. The zero-order valence-corrected chi connectivity index (χ0v) is 10.7. The zero-order chi connectivity index (χ0) is 13.1. The van der Waals surface area contributed by atoms with Crippen molar-refractivity contribution in [2.24, 2.45) is 0 Å². The van der Waals surface area contributed by atoms with Crippen LogP contribution in [0.1, 0.15) is 17.7 Å². The highest BCUT2D eigenvalue weighted by molar-refractivity contribution is 5.19. The van der Waals surface area contributed by atoms with Crippen molar-refractivity contribution in [2.75, 3.05) is 6.54 Å². The lowest BCUT2D eigenvalue weighted by Gasteiger charge is -2.16. The molecule has 0 unspecified atom stereocenters. The second kappa shape index (κ2) is 5.36. The maximum absolute atomic E-state index is 12.3. The van der Waals surface area contributed by atoms with Crippen LogP contribution in [0.3, 0.4) is 0 Å². The van der Waals surface area contributed by atoms with E-state index in [2.05, 4.69) is 15.3 Å². The number of hydrogen-bond acceptors (Lipinski definition) is 4. The van der Waals surface area contributed by atoms with Crippen LogP contribution in [-0.4, -0.2) is 25.6 Å². The fourth-order valence-corrected chi connectivity index (χ4v) is 2.39. The zero-order valence-electron chi connectivity index (χ0n) is 10.7. The highest BCUT2D eigenvalue weighted by Crippen LogP contribution is 2.05. The number of hydrogen-bond donors (Lipinski definition) is 1. The predicted molar refractivity (Wildman–Crippen MR) is 70.8 cm³/mol. The Labute approximate surface area is 111 Å². The first kappa shape index (κ1) is 12.1. The Balaban J connectivity index is 1.69. The Morgan fingerprint density at radius 1 is 1.32 bits per heavy atom. The van der Waals surface area contributed by atoms with Crippen LogP contribution >= 0.6 is 0 Å². The fourth-order valence-electron chi connectivity index (χ4n) is 2.39. The Bertz CT molecular complexity index is 602. The molecule has 1 N–H and O–H groups in total. The smallest absolute Gasteiger partial charge is 0.256 e. The number of rotatable bonds is 4. The molecule has 0 spiro atoms. The molecule has 0 saturated heterocycles. The molecule has 1 aliphatic rings. The number of fused-ring (bicyclic) bond motifs is 1. The Kier molecular flexibility index (Phi) is 3.41. The SMILES string of the molecule is O=c1c2c(ncn1CCCn1ccnc1)CNCC2. The summed E-state index contributed by atoms with van der Waals surface area (Å²) in [6, 6.07) is 0. The van der Waals surface area contributed by atoms with E-state index < -0.39 is 0 Å². The van der Waals surface area contributed by atoms with Crippen molar-refractivity contribution in [2.45, 2.75) is 32.5 Å². The standard InChI is InChI=1S/C13H17N5O/c19-13-11-2-3-14-8-12(11)16-10-18(13)6-1-5-17-7-4-15-9-17/h4,7,9-10,14H,1-3,5-6,8H2. The summed E-state index contributed by atoms with van der Waals surface area (Å²) in [5, 5.41) is 3.23. The number of aryl methyl sites for hydroxylation is 2. The molecule has 0 saturated carbocycles. The first-order chi connectivity index (χ1) is 9.34. The second-order valence-corrected chi connectivity index (χ2v) is 4.75. The summed E-state index contributed by atoms with van der Waals surface area (Å²) in [5.74, 6) is 0. The topological polar surface area (TPSA) is 64.7 Å². The van der Waals surface area contributed by atoms with Crippen LogP contribution in [0.5, 0.6) is 0 Å². The van der Waals surface area contributed by atoms with Crippen LogP contribution in [-0.2, 0) is 26.1 Å². The van der Waals surface area contributed by atoms with Crippen LogP contribution in [0, 0.1) is 0 Å². The van der Waals surface area contributed by atoms with E-state index in [1.165, 1.54) is 0 Å². The molecule has 19 heavy (non-hydrogen) atoms. The third kappa shape index (κ3) is 2.58. The van der Waals surface area contributed by atoms with E-state index in [4.69, 9.17) is 0 Å². The van der Waals surface area contributed by atoms with Gasteiger partial charge in [-0.3, -0.25) is 9.36 Å². The molecular formula is C13H17N5O. The van der Waals surface area contributed by atoms with Gasteiger partial charge < -0.3 is 9.88 Å². The minimum atomic E-state index is 0.122. The summed E-state index contributed by atoms with van der Waals surface area (Å²) >= 11 is 0. The summed E-state index contributed by atoms with van der Waals surface area (Å²) in [4.78, 5) is 20.7. The lowest BCUT2D eigenvalue weighted by atomic mass is 10.1. The molecule has 0 aliphatic carbocycles. The van der Waals surface area contributed by atoms with Gasteiger partial charge >= 0.3 is 0 Å². The van der Waals surface area contributed by atoms with Crippen LogP contribution in [0.2, 0.25) is 0 Å². The third-order valence-corrected chi connectivity index (χ3v) is 3.44. The molecule has 0 bridgehead atoms. The third-order valence-electron chi connectivity index (χ3n) is 3.44. The van der Waals surface area contributed by atoms with Gasteiger partial charge in [0.1, 0.15) is 0 Å². The second-order valence-electron chi connectivity index (χ2n) is 4.75. The molecule has 3 heterocycles. The van der Waals surface area contributed by atoms with Crippen molar-refractivity contribution < 1.29 is 0 Å². The molecule has 0 amide bonds. The summed E-state index contributed by atoms with van der Waals surface area (Å²) in [5.41, 5.74) is 1.91. The minimum Gasteiger partial charge on any atom is -0.337 e. The number of nitrogens with one attached hydrogen (secondary N) is 1. The normalized spacial score (nSPS) is 14.3. The van der Waals surface area contributed by atoms with E-state index >= 15 is 0 Å². The van der Waals surface area contributed by atoms with Crippen molar-refractivity contribution in [1.29, 1.82) is 0 Å². The van der Waals surface area contributed by atoms with E-state index in [1.54, 1.807) is 23.4 Å². The molecule has 6 nitrogen and oxygen atoms in total. The average Bonchev–Trinajstić information content (AvgIpc) is 2.95. The van der Waals surface area contributed by atoms with E-state index in [0.29, 0.717) is 13.1 Å². The van der Waals surface area contributed by atoms with Crippen LogP contribution in [0.25, 0.3) is 0 Å². The fraction of sp³-hybridized carbons (Fsp3) is 0.462. The molecule has 100 valence electrons. The van der Waals surface area contributed by atoms with Gasteiger partial charge in [0.25, 0.3) is 5.56 Å². The van der Waals surface area contributed by atoms with Gasteiger partial charge in [0.05, 0.1) is 18.3 Å². The monoisotopic (exact) mass is 259 g/mol. The molecule has 0 atom stereocenters. The maximum Gasteiger partial charge on any atom is 0.256 e. The van der Waals surface area contributed by atoms with Gasteiger partial charge in [0, 0.05) is 37.6 Å². The lowest BCUT2D eigenvalue weighted by Crippen LogP contribution is -2.34. The molecule has 0 radical (unpaired) electrons. The molecule has 0 aromatic carbocycles. The van der Waals surface area contributed by atoms with Crippen LogP contribution in [0.4, 0.5) is 0 Å². The van der Waals surface area contributed by atoms with Gasteiger partial charge in [-0.2, -0.15) is 0 Å². The van der Waals surface area contributed by atoms with E-state index in [0.717, 1.165) is 37.2 Å². The molecular weight excluding hydrogens is 242 g/mol. The number of nitrogens with zero attached hydrogens (tertiary/aromatic N) is 4. The van der Waals surface area contributed by atoms with E-state index in [1.807, 2.05) is 10.8 Å². The quantitative estimate of drug-likeness (QED) is 0.850. The van der Waals surface area contributed by atoms with Crippen LogP contribution < -0.4 is 10.9 Å². The largest absolute Gasteiger partial charge is 0.337 e. The van der Waals surface area contributed by atoms with E-state index in [-0.39, 0.29) is 5.56 Å². The highest BCUT2D eigenvalue weighted by Gasteiger charge is 2.14. The van der Waals surface area contributed by atoms with Gasteiger partial charge in [-0.1, -0.05) is 0 Å². The Morgan fingerprint density at radius 3 is 3.11 bits per heavy atom. The van der Waals surface area contributed by atoms with Gasteiger partial charge in [0.15, 0.2) is 0 Å². The molecule has 2 aromatic rings. The van der Waals surface area contributed by atoms with Gasteiger partial charge in [-0.25, -0.2) is 9.97 Å². The maximum atomic E-state index is 12.3. The molecule has 0 fully saturated rings. The summed E-state index contributed by atoms with van der Waals surface area (Å²) in [7, 11) is 0. The minimum absolute atomic E-state index is 0.122. The van der Waals surface area contributed by atoms with Crippen LogP contribution in [0.15, 0.2) is 29.8 Å². The Morgan fingerprint density at radius 2 is 2.26 bits per heavy atom. The number of imidazole rings is 1. The van der Waals surface area contributed by atoms with Gasteiger partial charge in [0.2, 0.25) is 0 Å². The average molecular weight is 259 g/mol. The van der Waals surface area contributed by atoms with Crippen molar-refractivity contribution in [1.82, 2.24) is 24.4 Å². The molecule has 3 rings (SSSR count). The highest BCUT2D eigenvalue weighted by atomic mass is 16.1. The first-order valence-electron chi connectivity index (χ1n) is 6.58. The summed E-state index contributed by atoms with van der Waals surface area (Å²) in [6.45, 7) is 3.14. The molecule has 6 heteroatoms. The van der Waals surface area contributed by atoms with Gasteiger partial charge in [-0.05, 0) is 19.4 Å². The summed E-state index contributed by atoms with van der Waals surface area (Å²) in [6.07, 6.45) is 8.83.